The fraction of sp³-hybridized carbons (Fsp3) is 0.135. The van der Waals surface area contributed by atoms with E-state index < -0.39 is 13.7 Å². The van der Waals surface area contributed by atoms with E-state index in [0.717, 1.165) is 22.4 Å². The maximum Gasteiger partial charge on any atom is 0.319 e. The van der Waals surface area contributed by atoms with Crippen LogP contribution in [0.4, 0.5) is 0 Å². The lowest BCUT2D eigenvalue weighted by Crippen LogP contribution is -2.68. The highest BCUT2D eigenvalue weighted by Crippen LogP contribution is 2.42. The average Bonchev–Trinajstić information content (AvgIpc) is 2.98. The van der Waals surface area contributed by atoms with E-state index in [1.807, 2.05) is 36.4 Å². The van der Waals surface area contributed by atoms with Crippen LogP contribution in [0, 0.1) is 12.3 Å². The van der Waals surface area contributed by atoms with E-state index in [2.05, 4.69) is 136 Å². The quantitative estimate of drug-likeness (QED) is 0.122. The van der Waals surface area contributed by atoms with Crippen molar-refractivity contribution in [1.29, 1.82) is 0 Å². The SMILES string of the molecule is C#CC(c1ccccc1)(c1ccccc1)c1cccc(O[Si](c2ccccc2)(c2ccccc2)C(C)(C)C)c1. The first-order valence-corrected chi connectivity index (χ1v) is 15.3. The summed E-state index contributed by atoms with van der Waals surface area (Å²) in [6.07, 6.45) is 6.45. The molecule has 0 unspecified atom stereocenters. The van der Waals surface area contributed by atoms with Gasteiger partial charge in [-0.3, -0.25) is 0 Å². The molecule has 0 aliphatic rings. The monoisotopic (exact) mass is 522 g/mol. The van der Waals surface area contributed by atoms with E-state index in [4.69, 9.17) is 10.8 Å². The molecule has 0 bridgehead atoms. The highest BCUT2D eigenvalue weighted by Gasteiger charge is 2.52. The first-order valence-electron chi connectivity index (χ1n) is 13.4. The zero-order chi connectivity index (χ0) is 27.3. The van der Waals surface area contributed by atoms with Crippen LogP contribution in [0.1, 0.15) is 37.5 Å². The van der Waals surface area contributed by atoms with Gasteiger partial charge in [0, 0.05) is 0 Å². The van der Waals surface area contributed by atoms with Crippen LogP contribution < -0.4 is 14.8 Å². The third kappa shape index (κ3) is 4.71. The molecule has 0 aliphatic heterocycles. The Morgan fingerprint density at radius 2 is 0.949 bits per heavy atom. The molecule has 0 atom stereocenters. The molecule has 2 heteroatoms. The van der Waals surface area contributed by atoms with Gasteiger partial charge in [-0.05, 0) is 44.2 Å². The van der Waals surface area contributed by atoms with Gasteiger partial charge in [-0.15, -0.1) is 6.42 Å². The fourth-order valence-electron chi connectivity index (χ4n) is 5.75. The Hall–Kier alpha value is -4.32. The smallest absolute Gasteiger partial charge is 0.319 e. The van der Waals surface area contributed by atoms with Gasteiger partial charge in [0.2, 0.25) is 0 Å². The molecule has 0 radical (unpaired) electrons. The van der Waals surface area contributed by atoms with Gasteiger partial charge in [0.25, 0.3) is 0 Å². The topological polar surface area (TPSA) is 9.23 Å². The standard InChI is InChI=1S/C37H34OSi/c1-5-37(30-19-10-6-11-20-30,31-21-12-7-13-22-31)32-23-18-24-33(29-32)38-39(36(2,3)4,34-25-14-8-15-26-34)35-27-16-9-17-28-35/h1,6-29H,2-4H3. The van der Waals surface area contributed by atoms with Crippen LogP contribution in [-0.2, 0) is 5.41 Å². The number of hydrogen-bond acceptors (Lipinski definition) is 1. The molecule has 192 valence electrons. The minimum atomic E-state index is -2.79. The minimum Gasteiger partial charge on any atom is -0.534 e. The lowest BCUT2D eigenvalue weighted by atomic mass is 9.70. The van der Waals surface area contributed by atoms with Crippen LogP contribution >= 0.6 is 0 Å². The van der Waals surface area contributed by atoms with Crippen molar-refractivity contribution >= 4 is 18.7 Å². The van der Waals surface area contributed by atoms with Crippen molar-refractivity contribution in [2.24, 2.45) is 0 Å². The summed E-state index contributed by atoms with van der Waals surface area (Å²) in [5.74, 6) is 4.03. The van der Waals surface area contributed by atoms with Gasteiger partial charge in [0.15, 0.2) is 0 Å². The van der Waals surface area contributed by atoms with Gasteiger partial charge < -0.3 is 4.43 Å². The Morgan fingerprint density at radius 3 is 1.36 bits per heavy atom. The van der Waals surface area contributed by atoms with Crippen molar-refractivity contribution in [2.75, 3.05) is 0 Å². The molecular weight excluding hydrogens is 488 g/mol. The Morgan fingerprint density at radius 1 is 0.538 bits per heavy atom. The third-order valence-corrected chi connectivity index (χ3v) is 12.5. The van der Waals surface area contributed by atoms with Crippen LogP contribution in [-0.4, -0.2) is 8.32 Å². The summed E-state index contributed by atoms with van der Waals surface area (Å²) in [4.78, 5) is 0. The van der Waals surface area contributed by atoms with Crippen molar-refractivity contribution in [3.05, 3.63) is 162 Å². The van der Waals surface area contributed by atoms with Gasteiger partial charge in [-0.25, -0.2) is 0 Å². The van der Waals surface area contributed by atoms with E-state index in [1.165, 1.54) is 10.4 Å². The summed E-state index contributed by atoms with van der Waals surface area (Å²) in [7, 11) is -2.79. The van der Waals surface area contributed by atoms with Gasteiger partial charge in [-0.1, -0.05) is 160 Å². The molecule has 0 spiro atoms. The largest absolute Gasteiger partial charge is 0.534 e. The van der Waals surface area contributed by atoms with Gasteiger partial charge in [-0.2, -0.15) is 0 Å². The maximum absolute atomic E-state index is 7.36. The molecule has 0 amide bonds. The highest BCUT2D eigenvalue weighted by atomic mass is 28.4. The molecule has 0 heterocycles. The highest BCUT2D eigenvalue weighted by molar-refractivity contribution is 7.00. The molecule has 0 fully saturated rings. The van der Waals surface area contributed by atoms with Crippen molar-refractivity contribution in [2.45, 2.75) is 31.2 Å². The molecule has 1 nitrogen and oxygen atoms in total. The van der Waals surface area contributed by atoms with E-state index in [-0.39, 0.29) is 5.04 Å². The van der Waals surface area contributed by atoms with E-state index in [0.29, 0.717) is 0 Å². The molecule has 0 N–H and O–H groups in total. The molecule has 39 heavy (non-hydrogen) atoms. The summed E-state index contributed by atoms with van der Waals surface area (Å²) in [6.45, 7) is 6.88. The van der Waals surface area contributed by atoms with Gasteiger partial charge >= 0.3 is 8.32 Å². The summed E-state index contributed by atoms with van der Waals surface area (Å²) in [5, 5.41) is 2.33. The van der Waals surface area contributed by atoms with Crippen molar-refractivity contribution in [3.63, 3.8) is 0 Å². The zero-order valence-corrected chi connectivity index (χ0v) is 23.8. The molecule has 5 aromatic carbocycles. The fourth-order valence-corrected chi connectivity index (χ4v) is 10.2. The zero-order valence-electron chi connectivity index (χ0n) is 22.8. The molecule has 5 aromatic rings. The lowest BCUT2D eigenvalue weighted by molar-refractivity contribution is 0.507. The maximum atomic E-state index is 7.36. The number of hydrogen-bond donors (Lipinski definition) is 0. The summed E-state index contributed by atoms with van der Waals surface area (Å²) < 4.78 is 7.36. The predicted molar refractivity (Wildman–Crippen MR) is 166 cm³/mol. The first-order chi connectivity index (χ1) is 18.9. The molecule has 0 aliphatic carbocycles. The van der Waals surface area contributed by atoms with Gasteiger partial charge in [0.1, 0.15) is 11.2 Å². The van der Waals surface area contributed by atoms with Crippen LogP contribution in [0.15, 0.2) is 146 Å². The molecular formula is C37H34OSi. The van der Waals surface area contributed by atoms with Crippen molar-refractivity contribution < 1.29 is 4.43 Å². The third-order valence-electron chi connectivity index (χ3n) is 7.58. The Balaban J connectivity index is 1.73. The van der Waals surface area contributed by atoms with Gasteiger partial charge in [0.05, 0.1) is 0 Å². The number of benzene rings is 5. The Bertz CT molecular complexity index is 1470. The summed E-state index contributed by atoms with van der Waals surface area (Å²) in [5.41, 5.74) is 2.37. The predicted octanol–water partition coefficient (Wildman–Crippen LogP) is 7.59. The summed E-state index contributed by atoms with van der Waals surface area (Å²) in [6, 6.07) is 50.6. The molecule has 0 aromatic heterocycles. The second kappa shape index (κ2) is 10.8. The van der Waals surface area contributed by atoms with E-state index in [1.54, 1.807) is 0 Å². The average molecular weight is 523 g/mol. The summed E-state index contributed by atoms with van der Waals surface area (Å²) >= 11 is 0. The number of rotatable bonds is 7. The molecule has 5 rings (SSSR count). The van der Waals surface area contributed by atoms with Crippen LogP contribution in [0.3, 0.4) is 0 Å². The van der Waals surface area contributed by atoms with E-state index in [9.17, 15) is 0 Å². The molecule has 0 saturated heterocycles. The Labute approximate surface area is 234 Å². The number of terminal acetylenes is 1. The minimum absolute atomic E-state index is 0.145. The Kier molecular flexibility index (Phi) is 7.29. The first kappa shape index (κ1) is 26.3. The van der Waals surface area contributed by atoms with Crippen LogP contribution in [0.5, 0.6) is 5.75 Å². The van der Waals surface area contributed by atoms with Crippen molar-refractivity contribution in [1.82, 2.24) is 0 Å². The van der Waals surface area contributed by atoms with Crippen LogP contribution in [0.25, 0.3) is 0 Å². The van der Waals surface area contributed by atoms with E-state index >= 15 is 0 Å². The second-order valence-corrected chi connectivity index (χ2v) is 15.1. The lowest BCUT2D eigenvalue weighted by Gasteiger charge is -2.43. The normalized spacial score (nSPS) is 11.9. The van der Waals surface area contributed by atoms with Crippen LogP contribution in [0.2, 0.25) is 5.04 Å². The second-order valence-electron chi connectivity index (χ2n) is 10.9. The molecule has 0 saturated carbocycles. The van der Waals surface area contributed by atoms with Crippen molar-refractivity contribution in [3.8, 4) is 18.1 Å².